The monoisotopic (exact) mass is 507 g/mol. The molecule has 0 spiro atoms. The maximum Gasteiger partial charge on any atom is 0.289 e. The van der Waals surface area contributed by atoms with Gasteiger partial charge in [0.1, 0.15) is 29.9 Å². The van der Waals surface area contributed by atoms with Gasteiger partial charge in [-0.1, -0.05) is 13.0 Å². The standard InChI is InChI=1S/C26H20F3N5O3/c1-26(12-35)11-33-25(36-13-26)34-16-7-19(28)23(20(29)8-16)37-21-4-5-31-24-22(21)17(10-32-24)14-2-3-18(27)15(6-14)9-30/h2-8,10,35H,11-13H2,1H3,(H,31,32)(H,33,34)/t26-/m1/s1. The lowest BCUT2D eigenvalue weighted by Crippen LogP contribution is -2.38. The lowest BCUT2D eigenvalue weighted by atomic mass is 9.93. The molecule has 2 aromatic carbocycles. The predicted molar refractivity (Wildman–Crippen MR) is 130 cm³/mol. The molecule has 8 nitrogen and oxygen atoms in total. The fourth-order valence-corrected chi connectivity index (χ4v) is 3.85. The average Bonchev–Trinajstić information content (AvgIpc) is 3.33. The summed E-state index contributed by atoms with van der Waals surface area (Å²) in [4.78, 5) is 11.3. The van der Waals surface area contributed by atoms with Gasteiger partial charge in [-0.15, -0.1) is 0 Å². The van der Waals surface area contributed by atoms with Crippen LogP contribution in [0, 0.1) is 34.2 Å². The van der Waals surface area contributed by atoms with Crippen molar-refractivity contribution in [2.24, 2.45) is 10.4 Å². The summed E-state index contributed by atoms with van der Waals surface area (Å²) in [6.45, 7) is 2.19. The lowest BCUT2D eigenvalue weighted by molar-refractivity contribution is 0.0706. The minimum Gasteiger partial charge on any atom is -0.464 e. The number of hydrogen-bond acceptors (Lipinski definition) is 7. The number of aliphatic hydroxyl groups is 1. The van der Waals surface area contributed by atoms with Gasteiger partial charge in [0, 0.05) is 41.2 Å². The van der Waals surface area contributed by atoms with Crippen molar-refractivity contribution in [3.05, 3.63) is 71.8 Å². The van der Waals surface area contributed by atoms with Crippen LogP contribution in [0.15, 0.2) is 53.8 Å². The largest absolute Gasteiger partial charge is 0.464 e. The number of nitrogens with one attached hydrogen (secondary N) is 2. The van der Waals surface area contributed by atoms with Gasteiger partial charge in [-0.3, -0.25) is 0 Å². The summed E-state index contributed by atoms with van der Waals surface area (Å²) < 4.78 is 55.0. The van der Waals surface area contributed by atoms with Crippen LogP contribution in [0.1, 0.15) is 12.5 Å². The Kier molecular flexibility index (Phi) is 6.19. The number of benzene rings is 2. The smallest absolute Gasteiger partial charge is 0.289 e. The Bertz CT molecular complexity index is 1560. The Hall–Kier alpha value is -4.56. The molecule has 188 valence electrons. The molecule has 0 amide bonds. The molecule has 11 heteroatoms. The van der Waals surface area contributed by atoms with E-state index < -0.39 is 28.6 Å². The third kappa shape index (κ3) is 4.66. The Morgan fingerprint density at radius 2 is 1.97 bits per heavy atom. The number of H-pyrrole nitrogens is 1. The summed E-state index contributed by atoms with van der Waals surface area (Å²) in [6.07, 6.45) is 3.00. The van der Waals surface area contributed by atoms with Gasteiger partial charge < -0.3 is 24.9 Å². The van der Waals surface area contributed by atoms with Crippen LogP contribution < -0.4 is 10.1 Å². The zero-order valence-corrected chi connectivity index (χ0v) is 19.5. The maximum absolute atomic E-state index is 15.0. The molecule has 0 aliphatic carbocycles. The molecule has 0 saturated heterocycles. The van der Waals surface area contributed by atoms with Crippen LogP contribution in [0.5, 0.6) is 11.5 Å². The van der Waals surface area contributed by atoms with Crippen LogP contribution in [-0.2, 0) is 4.74 Å². The van der Waals surface area contributed by atoms with Crippen molar-refractivity contribution in [3.8, 4) is 28.7 Å². The number of aliphatic hydroxyl groups excluding tert-OH is 1. The van der Waals surface area contributed by atoms with E-state index in [1.54, 1.807) is 12.3 Å². The second-order valence-corrected chi connectivity index (χ2v) is 8.92. The number of aliphatic imine (C=N–C) groups is 1. The van der Waals surface area contributed by atoms with Crippen LogP contribution >= 0.6 is 0 Å². The molecule has 1 aliphatic heterocycles. The number of fused-ring (bicyclic) bond motifs is 1. The van der Waals surface area contributed by atoms with Crippen LogP contribution in [-0.4, -0.2) is 40.9 Å². The number of ether oxygens (including phenoxy) is 2. The number of aromatic nitrogens is 2. The van der Waals surface area contributed by atoms with Gasteiger partial charge in [0.25, 0.3) is 6.02 Å². The van der Waals surface area contributed by atoms with Crippen molar-refractivity contribution in [1.82, 2.24) is 9.97 Å². The van der Waals surface area contributed by atoms with Gasteiger partial charge in [0.15, 0.2) is 17.4 Å². The van der Waals surface area contributed by atoms with Crippen molar-refractivity contribution in [2.75, 3.05) is 25.1 Å². The average molecular weight is 507 g/mol. The molecule has 5 rings (SSSR count). The maximum atomic E-state index is 15.0. The van der Waals surface area contributed by atoms with Gasteiger partial charge in [-0.25, -0.2) is 23.1 Å². The highest BCUT2D eigenvalue weighted by Gasteiger charge is 2.29. The molecule has 4 aromatic rings. The molecule has 1 atom stereocenters. The summed E-state index contributed by atoms with van der Waals surface area (Å²) >= 11 is 0. The van der Waals surface area contributed by atoms with E-state index in [9.17, 15) is 14.8 Å². The van der Waals surface area contributed by atoms with Crippen LogP contribution in [0.2, 0.25) is 0 Å². The van der Waals surface area contributed by atoms with E-state index in [2.05, 4.69) is 20.3 Å². The third-order valence-electron chi connectivity index (χ3n) is 5.94. The predicted octanol–water partition coefficient (Wildman–Crippen LogP) is 5.11. The third-order valence-corrected chi connectivity index (χ3v) is 5.94. The minimum absolute atomic E-state index is 0.0613. The van der Waals surface area contributed by atoms with Gasteiger partial charge in [0.2, 0.25) is 0 Å². The summed E-state index contributed by atoms with van der Waals surface area (Å²) in [5.41, 5.74) is 0.772. The quantitative estimate of drug-likeness (QED) is 0.346. The number of pyridine rings is 1. The molecule has 0 radical (unpaired) electrons. The molecular weight excluding hydrogens is 487 g/mol. The number of amidine groups is 1. The number of aromatic amines is 1. The normalized spacial score (nSPS) is 17.1. The second kappa shape index (κ2) is 9.48. The first-order chi connectivity index (χ1) is 17.8. The Morgan fingerprint density at radius 1 is 1.19 bits per heavy atom. The highest BCUT2D eigenvalue weighted by atomic mass is 19.1. The molecular formula is C26H20F3N5O3. The molecule has 3 heterocycles. The second-order valence-electron chi connectivity index (χ2n) is 8.92. The number of nitriles is 1. The minimum atomic E-state index is -0.977. The Morgan fingerprint density at radius 3 is 2.65 bits per heavy atom. The number of anilines is 1. The first-order valence-electron chi connectivity index (χ1n) is 11.2. The van der Waals surface area contributed by atoms with Crippen molar-refractivity contribution in [1.29, 1.82) is 5.26 Å². The first kappa shape index (κ1) is 24.1. The van der Waals surface area contributed by atoms with Crippen LogP contribution in [0.3, 0.4) is 0 Å². The molecule has 0 unspecified atom stereocenters. The zero-order valence-electron chi connectivity index (χ0n) is 19.5. The van der Waals surface area contributed by atoms with E-state index in [0.29, 0.717) is 28.7 Å². The SMILES string of the molecule is C[C@]1(CO)CN=C(Nc2cc(F)c(Oc3ccnc4[nH]cc(-c5ccc(F)c(C#N)c5)c34)c(F)c2)OC1. The molecule has 2 aromatic heterocycles. The van der Waals surface area contributed by atoms with E-state index in [-0.39, 0.29) is 36.2 Å². The van der Waals surface area contributed by atoms with E-state index in [1.807, 2.05) is 6.92 Å². The molecule has 0 fully saturated rings. The van der Waals surface area contributed by atoms with Crippen LogP contribution in [0.4, 0.5) is 18.9 Å². The number of halogens is 3. The fourth-order valence-electron chi connectivity index (χ4n) is 3.85. The van der Waals surface area contributed by atoms with E-state index >= 15 is 8.78 Å². The van der Waals surface area contributed by atoms with Crippen molar-refractivity contribution >= 4 is 22.7 Å². The molecule has 3 N–H and O–H groups in total. The van der Waals surface area contributed by atoms with Gasteiger partial charge in [0.05, 0.1) is 24.1 Å². The topological polar surface area (TPSA) is 116 Å². The van der Waals surface area contributed by atoms with E-state index in [1.165, 1.54) is 30.5 Å². The molecule has 1 aliphatic rings. The highest BCUT2D eigenvalue weighted by Crippen LogP contribution is 2.39. The lowest BCUT2D eigenvalue weighted by Gasteiger charge is -2.30. The Labute approximate surface area is 209 Å². The Balaban J connectivity index is 1.46. The fraction of sp³-hybridized carbons (Fsp3) is 0.192. The number of nitrogens with zero attached hydrogens (tertiary/aromatic N) is 3. The first-order valence-corrected chi connectivity index (χ1v) is 11.2. The number of hydrogen-bond donors (Lipinski definition) is 3. The van der Waals surface area contributed by atoms with Gasteiger partial charge in [-0.05, 0) is 23.8 Å². The van der Waals surface area contributed by atoms with Crippen molar-refractivity contribution < 1.29 is 27.8 Å². The summed E-state index contributed by atoms with van der Waals surface area (Å²) in [5, 5.41) is 21.7. The highest BCUT2D eigenvalue weighted by molar-refractivity contribution is 5.98. The van der Waals surface area contributed by atoms with Crippen LogP contribution in [0.25, 0.3) is 22.2 Å². The van der Waals surface area contributed by atoms with Crippen molar-refractivity contribution in [2.45, 2.75) is 6.92 Å². The summed E-state index contributed by atoms with van der Waals surface area (Å²) in [7, 11) is 0. The van der Waals surface area contributed by atoms with Crippen molar-refractivity contribution in [3.63, 3.8) is 0 Å². The van der Waals surface area contributed by atoms with Gasteiger partial charge >= 0.3 is 0 Å². The summed E-state index contributed by atoms with van der Waals surface area (Å²) in [6, 6.07) is 9.42. The van der Waals surface area contributed by atoms with E-state index in [4.69, 9.17) is 9.47 Å². The zero-order chi connectivity index (χ0) is 26.2. The van der Waals surface area contributed by atoms with E-state index in [0.717, 1.165) is 12.1 Å². The van der Waals surface area contributed by atoms with Gasteiger partial charge in [-0.2, -0.15) is 5.26 Å². The molecule has 0 bridgehead atoms. The molecule has 0 saturated carbocycles. The number of rotatable bonds is 5. The summed E-state index contributed by atoms with van der Waals surface area (Å²) in [5.74, 6) is -3.15. The molecule has 37 heavy (non-hydrogen) atoms.